The number of aliphatic hydroxyl groups is 1. The van der Waals surface area contributed by atoms with Crippen molar-refractivity contribution in [2.75, 3.05) is 6.61 Å². The predicted molar refractivity (Wildman–Crippen MR) is 142 cm³/mol. The van der Waals surface area contributed by atoms with Gasteiger partial charge in [0.15, 0.2) is 0 Å². The van der Waals surface area contributed by atoms with Gasteiger partial charge in [0.2, 0.25) is 0 Å². The van der Waals surface area contributed by atoms with Gasteiger partial charge in [0.1, 0.15) is 0 Å². The maximum absolute atomic E-state index is 13.6. The van der Waals surface area contributed by atoms with Crippen LogP contribution >= 0.6 is 0 Å². The van der Waals surface area contributed by atoms with E-state index in [1.54, 1.807) is 5.57 Å². The van der Waals surface area contributed by atoms with Crippen LogP contribution in [-0.2, 0) is 9.53 Å². The summed E-state index contributed by atoms with van der Waals surface area (Å²) in [6, 6.07) is 0. The van der Waals surface area contributed by atoms with Crippen molar-refractivity contribution in [1.29, 1.82) is 0 Å². The van der Waals surface area contributed by atoms with E-state index >= 15 is 0 Å². The normalized spacial score (nSPS) is 50.0. The molecule has 8 atom stereocenters. The predicted octanol–water partition coefficient (Wildman–Crippen LogP) is 7.71. The number of aliphatic hydroxyl groups excluding tert-OH is 1. The third-order valence-corrected chi connectivity index (χ3v) is 13.3. The van der Waals surface area contributed by atoms with Crippen LogP contribution in [0.4, 0.5) is 0 Å². The van der Waals surface area contributed by atoms with Gasteiger partial charge in [0, 0.05) is 0 Å². The van der Waals surface area contributed by atoms with Crippen molar-refractivity contribution >= 4 is 5.97 Å². The first-order chi connectivity index (χ1) is 16.2. The number of hydrogen-bond donors (Lipinski definition) is 1. The number of fused-ring (bicyclic) bond motifs is 7. The molecule has 3 heteroatoms. The number of ether oxygens (including phenoxy) is 1. The third-order valence-electron chi connectivity index (χ3n) is 13.3. The van der Waals surface area contributed by atoms with Crippen LogP contribution in [0.25, 0.3) is 0 Å². The molecule has 0 radical (unpaired) electrons. The zero-order chi connectivity index (χ0) is 25.7. The van der Waals surface area contributed by atoms with Crippen LogP contribution in [0.15, 0.2) is 11.6 Å². The van der Waals surface area contributed by atoms with Crippen LogP contribution in [0.1, 0.15) is 120 Å². The molecule has 5 aliphatic rings. The van der Waals surface area contributed by atoms with E-state index in [4.69, 9.17) is 4.74 Å². The van der Waals surface area contributed by atoms with E-state index in [-0.39, 0.29) is 44.6 Å². The molecule has 0 bridgehead atoms. The minimum atomic E-state index is -0.321. The van der Waals surface area contributed by atoms with Crippen molar-refractivity contribution in [2.24, 2.45) is 50.2 Å². The molecule has 0 aromatic carbocycles. The topological polar surface area (TPSA) is 46.5 Å². The largest absolute Gasteiger partial charge is 0.466 e. The molecule has 4 saturated carbocycles. The standard InChI is InChI=1S/C32H52O3/c1-9-35-26(34)32-18-16-27(2,3)20-22(32)21-10-11-24-29(6)14-13-25(33)28(4,5)23(29)12-15-31(24,8)30(21,7)17-19-32/h10,22-25,33H,9,11-20H2,1-8H3/t22-,23-,24-,25-,29-,30+,31+,32-/m0/s1. The Labute approximate surface area is 214 Å². The lowest BCUT2D eigenvalue weighted by Crippen LogP contribution is -2.65. The average Bonchev–Trinajstić information content (AvgIpc) is 2.77. The highest BCUT2D eigenvalue weighted by molar-refractivity contribution is 5.78. The van der Waals surface area contributed by atoms with E-state index in [1.165, 1.54) is 12.8 Å². The van der Waals surface area contributed by atoms with Gasteiger partial charge in [-0.05, 0) is 116 Å². The Kier molecular flexibility index (Phi) is 5.78. The molecule has 0 amide bonds. The molecule has 5 rings (SSSR count). The van der Waals surface area contributed by atoms with E-state index in [0.717, 1.165) is 51.4 Å². The summed E-state index contributed by atoms with van der Waals surface area (Å²) >= 11 is 0. The second-order valence-electron chi connectivity index (χ2n) is 15.5. The Morgan fingerprint density at radius 2 is 1.63 bits per heavy atom. The van der Waals surface area contributed by atoms with Crippen molar-refractivity contribution in [3.63, 3.8) is 0 Å². The summed E-state index contributed by atoms with van der Waals surface area (Å²) in [4.78, 5) is 13.6. The summed E-state index contributed by atoms with van der Waals surface area (Å²) in [6.45, 7) is 19.7. The van der Waals surface area contributed by atoms with Crippen molar-refractivity contribution in [3.05, 3.63) is 11.6 Å². The zero-order valence-electron chi connectivity index (χ0n) is 23.9. The number of esters is 1. The van der Waals surface area contributed by atoms with Gasteiger partial charge >= 0.3 is 5.97 Å². The highest BCUT2D eigenvalue weighted by Crippen LogP contribution is 2.75. The van der Waals surface area contributed by atoms with Gasteiger partial charge < -0.3 is 9.84 Å². The molecule has 1 N–H and O–H groups in total. The van der Waals surface area contributed by atoms with Crippen LogP contribution in [0.2, 0.25) is 0 Å². The Balaban J connectivity index is 1.59. The van der Waals surface area contributed by atoms with Crippen molar-refractivity contribution in [3.8, 4) is 0 Å². The maximum Gasteiger partial charge on any atom is 0.312 e. The summed E-state index contributed by atoms with van der Waals surface area (Å²) in [7, 11) is 0. The van der Waals surface area contributed by atoms with Gasteiger partial charge in [-0.1, -0.05) is 60.1 Å². The van der Waals surface area contributed by atoms with E-state index in [9.17, 15) is 9.90 Å². The fraction of sp³-hybridized carbons (Fsp3) is 0.906. The summed E-state index contributed by atoms with van der Waals surface area (Å²) in [5, 5.41) is 10.9. The molecule has 3 nitrogen and oxygen atoms in total. The first-order valence-electron chi connectivity index (χ1n) is 14.7. The van der Waals surface area contributed by atoms with Crippen LogP contribution in [0, 0.1) is 50.2 Å². The van der Waals surface area contributed by atoms with Crippen molar-refractivity contribution < 1.29 is 14.6 Å². The molecule has 4 fully saturated rings. The summed E-state index contributed by atoms with van der Waals surface area (Å²) in [6.07, 6.45) is 13.4. The van der Waals surface area contributed by atoms with Crippen LogP contribution in [-0.4, -0.2) is 23.8 Å². The van der Waals surface area contributed by atoms with Crippen molar-refractivity contribution in [2.45, 2.75) is 126 Å². The molecule has 0 spiro atoms. The van der Waals surface area contributed by atoms with Gasteiger partial charge in [-0.2, -0.15) is 0 Å². The number of carbonyl (C=O) groups is 1. The van der Waals surface area contributed by atoms with Gasteiger partial charge in [-0.3, -0.25) is 4.79 Å². The van der Waals surface area contributed by atoms with Gasteiger partial charge in [-0.15, -0.1) is 0 Å². The second kappa shape index (κ2) is 7.84. The molecule has 198 valence electrons. The van der Waals surface area contributed by atoms with Crippen LogP contribution in [0.3, 0.4) is 0 Å². The fourth-order valence-corrected chi connectivity index (χ4v) is 10.9. The number of rotatable bonds is 2. The van der Waals surface area contributed by atoms with E-state index < -0.39 is 0 Å². The Bertz CT molecular complexity index is 916. The lowest BCUT2D eigenvalue weighted by molar-refractivity contribution is -0.206. The third kappa shape index (κ3) is 3.28. The highest BCUT2D eigenvalue weighted by atomic mass is 16.5. The molecule has 0 unspecified atom stereocenters. The highest BCUT2D eigenvalue weighted by Gasteiger charge is 2.69. The quantitative estimate of drug-likeness (QED) is 0.322. The molecule has 5 aliphatic carbocycles. The van der Waals surface area contributed by atoms with E-state index in [2.05, 4.69) is 54.5 Å². The molecule has 35 heavy (non-hydrogen) atoms. The number of hydrogen-bond acceptors (Lipinski definition) is 3. The minimum absolute atomic E-state index is 0.0156. The van der Waals surface area contributed by atoms with Gasteiger partial charge in [-0.25, -0.2) is 0 Å². The van der Waals surface area contributed by atoms with Crippen molar-refractivity contribution in [1.82, 2.24) is 0 Å². The van der Waals surface area contributed by atoms with E-state index in [1.807, 2.05) is 6.92 Å². The number of carbonyl (C=O) groups excluding carboxylic acids is 1. The molecule has 0 aromatic rings. The Morgan fingerprint density at radius 1 is 0.943 bits per heavy atom. The summed E-state index contributed by atoms with van der Waals surface area (Å²) < 4.78 is 5.78. The summed E-state index contributed by atoms with van der Waals surface area (Å²) in [5.74, 6) is 1.61. The summed E-state index contributed by atoms with van der Waals surface area (Å²) in [5.41, 5.74) is 2.19. The smallest absolute Gasteiger partial charge is 0.312 e. The fourth-order valence-electron chi connectivity index (χ4n) is 10.9. The molecular weight excluding hydrogens is 432 g/mol. The second-order valence-corrected chi connectivity index (χ2v) is 15.5. The molecule has 0 heterocycles. The Morgan fingerprint density at radius 3 is 2.31 bits per heavy atom. The molecule has 0 aliphatic heterocycles. The Hall–Kier alpha value is -0.830. The van der Waals surface area contributed by atoms with E-state index in [0.29, 0.717) is 24.4 Å². The molecule has 0 aromatic heterocycles. The maximum atomic E-state index is 13.6. The van der Waals surface area contributed by atoms with Gasteiger partial charge in [0.25, 0.3) is 0 Å². The van der Waals surface area contributed by atoms with Crippen LogP contribution < -0.4 is 0 Å². The minimum Gasteiger partial charge on any atom is -0.466 e. The average molecular weight is 485 g/mol. The first-order valence-corrected chi connectivity index (χ1v) is 14.7. The molecular formula is C32H52O3. The first kappa shape index (κ1) is 25.8. The van der Waals surface area contributed by atoms with Crippen LogP contribution in [0.5, 0.6) is 0 Å². The zero-order valence-corrected chi connectivity index (χ0v) is 23.9. The monoisotopic (exact) mass is 484 g/mol. The SMILES string of the molecule is CCOC(=O)[C@]12CCC(C)(C)C[C@H]1C1=CC[C@H]3[C@@]4(C)CC[C@H](O)C(C)(C)[C@@H]4CC[C@@]3(C)[C@]1(C)CC2. The molecule has 0 saturated heterocycles. The van der Waals surface area contributed by atoms with Gasteiger partial charge in [0.05, 0.1) is 18.1 Å². The lowest BCUT2D eigenvalue weighted by Gasteiger charge is -2.71. The number of allylic oxidation sites excluding steroid dienone is 2. The lowest BCUT2D eigenvalue weighted by atomic mass is 9.33.